The van der Waals surface area contributed by atoms with Gasteiger partial charge in [-0.3, -0.25) is 9.59 Å². The number of hydrogen-bond donors (Lipinski definition) is 3. The number of aliphatic hydroxyl groups excluding tert-OH is 1. The first-order valence-electron chi connectivity index (χ1n) is 23.3. The number of carboxylic acids is 1. The number of ether oxygens (including phenoxy) is 8. The van der Waals surface area contributed by atoms with E-state index in [4.69, 9.17) is 37.9 Å². The minimum absolute atomic E-state index is 0.0473. The summed E-state index contributed by atoms with van der Waals surface area (Å²) in [5.74, 6) is -6.40. The van der Waals surface area contributed by atoms with Crippen LogP contribution in [-0.4, -0.2) is 119 Å². The molecule has 5 aliphatic heterocycles. The van der Waals surface area contributed by atoms with Crippen LogP contribution in [0.1, 0.15) is 140 Å². The molecule has 0 saturated carbocycles. The van der Waals surface area contributed by atoms with Crippen molar-refractivity contribution in [3.63, 3.8) is 0 Å². The van der Waals surface area contributed by atoms with E-state index in [0.717, 1.165) is 6.42 Å². The van der Waals surface area contributed by atoms with Gasteiger partial charge in [0.2, 0.25) is 5.79 Å². The summed E-state index contributed by atoms with van der Waals surface area (Å²) in [6.45, 7) is 20.0. The Balaban J connectivity index is 1.38. The van der Waals surface area contributed by atoms with Gasteiger partial charge >= 0.3 is 12.1 Å². The van der Waals surface area contributed by atoms with Gasteiger partial charge in [0.15, 0.2) is 11.9 Å². The van der Waals surface area contributed by atoms with Crippen LogP contribution in [0.2, 0.25) is 0 Å². The lowest BCUT2D eigenvalue weighted by molar-refractivity contribution is -0.408. The zero-order valence-electron chi connectivity index (χ0n) is 38.8. The maximum Gasteiger partial charge on any atom is 0.509 e. The highest BCUT2D eigenvalue weighted by Crippen LogP contribution is 2.54. The number of carboxylic acid groups (broad SMARTS) is 1. The van der Waals surface area contributed by atoms with Crippen molar-refractivity contribution in [2.75, 3.05) is 20.3 Å². The molecule has 3 N–H and O–H groups in total. The van der Waals surface area contributed by atoms with Gasteiger partial charge in [0.1, 0.15) is 5.78 Å². The summed E-state index contributed by atoms with van der Waals surface area (Å²) in [5.41, 5.74) is -1.80. The molecule has 0 aromatic carbocycles. The number of carbonyl (C=O) groups excluding carboxylic acids is 2. The molecule has 4 saturated heterocycles. The van der Waals surface area contributed by atoms with Gasteiger partial charge in [0, 0.05) is 50.2 Å². The molecule has 0 aliphatic carbocycles. The standard InChI is InChI=1S/C47H78O14/c1-12-33(42(50)51)35-17-16-27(4)40(57-35)31(8)38(48)30(7)39(49)34(13-2)41-28(5)26-29(6)46(59-41)21-19-37(58-43(52)55-25-15-24-54-11)47(61-46)23-22-44(10,60-47)36-18-20-45(53,14-3)32(9)56-36/h19,21,27-38,40-41,48,53H,12-18,20,22-26H2,1-11H3,(H,50,51)/t27-,28-,29+,30-,31-,32-,33+,34-,35+,36+,37+,38+,40+,41-,44-,45+,46-,47-/m0/s1. The largest absolute Gasteiger partial charge is 0.509 e. The topological polar surface area (TPSA) is 186 Å². The fourth-order valence-electron chi connectivity index (χ4n) is 11.1. The maximum atomic E-state index is 14.6. The Labute approximate surface area is 364 Å². The van der Waals surface area contributed by atoms with Crippen LogP contribution < -0.4 is 0 Å². The summed E-state index contributed by atoms with van der Waals surface area (Å²) in [4.78, 5) is 39.8. The summed E-state index contributed by atoms with van der Waals surface area (Å²) in [7, 11) is 1.58. The summed E-state index contributed by atoms with van der Waals surface area (Å²) in [6, 6.07) is 0. The van der Waals surface area contributed by atoms with E-state index in [-0.39, 0.29) is 36.2 Å². The predicted octanol–water partition coefficient (Wildman–Crippen LogP) is 7.39. The van der Waals surface area contributed by atoms with Crippen LogP contribution in [0.25, 0.3) is 0 Å². The molecule has 14 nitrogen and oxygen atoms in total. The van der Waals surface area contributed by atoms with Gasteiger partial charge in [-0.25, -0.2) is 4.79 Å². The molecule has 0 radical (unpaired) electrons. The molecule has 5 aliphatic rings. The van der Waals surface area contributed by atoms with Gasteiger partial charge in [0.25, 0.3) is 0 Å². The van der Waals surface area contributed by atoms with Crippen LogP contribution in [-0.2, 0) is 47.5 Å². The number of methoxy groups -OCH3 is 1. The highest BCUT2D eigenvalue weighted by molar-refractivity contribution is 5.84. The van der Waals surface area contributed by atoms with Gasteiger partial charge in [-0.2, -0.15) is 0 Å². The molecule has 0 aromatic heterocycles. The lowest BCUT2D eigenvalue weighted by Crippen LogP contribution is -2.63. The molecule has 4 fully saturated rings. The van der Waals surface area contributed by atoms with E-state index in [0.29, 0.717) is 70.8 Å². The summed E-state index contributed by atoms with van der Waals surface area (Å²) >= 11 is 0. The number of rotatable bonds is 17. The Morgan fingerprint density at radius 2 is 1.59 bits per heavy atom. The third kappa shape index (κ3) is 10.4. The molecule has 0 unspecified atom stereocenters. The first kappa shape index (κ1) is 49.8. The van der Waals surface area contributed by atoms with E-state index in [1.54, 1.807) is 26.2 Å². The fourth-order valence-corrected chi connectivity index (χ4v) is 11.1. The Morgan fingerprint density at radius 1 is 0.885 bits per heavy atom. The maximum absolute atomic E-state index is 14.6. The second-order valence-electron chi connectivity index (χ2n) is 19.5. The van der Waals surface area contributed by atoms with E-state index >= 15 is 0 Å². The van der Waals surface area contributed by atoms with Crippen molar-refractivity contribution < 1.29 is 67.6 Å². The molecule has 0 amide bonds. The SMILES string of the molecule is CC[C@@H](C(=O)[C@@H](C)[C@@H](O)[C@H](C)[C@@H]1O[C@@H]([C@@H](CC)C(=O)O)CC[C@@H]1C)[C@H]1O[C@]2(C=C[C@@H](OC(=O)OCCCOC)[C@]3(CC[C@@](C)([C@H]4CC[C@](O)(CC)[C@H](C)O4)O3)O2)[C@H](C)C[C@@H]1C. The van der Waals surface area contributed by atoms with Crippen molar-refractivity contribution in [2.45, 2.75) is 205 Å². The third-order valence-electron chi connectivity index (χ3n) is 15.4. The molecule has 14 heteroatoms. The van der Waals surface area contributed by atoms with Gasteiger partial charge in [-0.05, 0) is 95.6 Å². The summed E-state index contributed by atoms with van der Waals surface area (Å²) in [5, 5.41) is 32.9. The van der Waals surface area contributed by atoms with E-state index in [1.165, 1.54) is 0 Å². The van der Waals surface area contributed by atoms with Crippen molar-refractivity contribution >= 4 is 17.9 Å². The van der Waals surface area contributed by atoms with Crippen LogP contribution in [0.3, 0.4) is 0 Å². The Hall–Kier alpha value is -2.17. The summed E-state index contributed by atoms with van der Waals surface area (Å²) in [6.07, 6.45) is 4.46. The number of Topliss-reactive ketones (excluding diaryl/α,β-unsaturated/α-hetero) is 1. The normalized spacial score (nSPS) is 41.5. The lowest BCUT2D eigenvalue weighted by Gasteiger charge is -2.54. The third-order valence-corrected chi connectivity index (χ3v) is 15.4. The van der Waals surface area contributed by atoms with Gasteiger partial charge in [-0.1, -0.05) is 55.4 Å². The molecular formula is C47H78O14. The van der Waals surface area contributed by atoms with Crippen molar-refractivity contribution in [1.82, 2.24) is 0 Å². The lowest BCUT2D eigenvalue weighted by atomic mass is 9.72. The van der Waals surface area contributed by atoms with Crippen molar-refractivity contribution in [3.05, 3.63) is 12.2 Å². The molecule has 5 heterocycles. The number of aliphatic carboxylic acids is 1. The van der Waals surface area contributed by atoms with Crippen LogP contribution >= 0.6 is 0 Å². The fraction of sp³-hybridized carbons (Fsp3) is 0.894. The van der Waals surface area contributed by atoms with E-state index < -0.39 is 95.2 Å². The smallest absolute Gasteiger partial charge is 0.481 e. The first-order valence-corrected chi connectivity index (χ1v) is 23.3. The van der Waals surface area contributed by atoms with Gasteiger partial charge in [0.05, 0.1) is 60.4 Å². The molecular weight excluding hydrogens is 789 g/mol. The highest BCUT2D eigenvalue weighted by Gasteiger charge is 2.64. The van der Waals surface area contributed by atoms with Crippen LogP contribution in [0, 0.1) is 41.4 Å². The molecule has 5 rings (SSSR count). The zero-order valence-corrected chi connectivity index (χ0v) is 38.8. The van der Waals surface area contributed by atoms with Crippen LogP contribution in [0.4, 0.5) is 4.79 Å². The number of aliphatic hydroxyl groups is 2. The van der Waals surface area contributed by atoms with Crippen LogP contribution in [0.15, 0.2) is 12.2 Å². The second-order valence-corrected chi connectivity index (χ2v) is 19.5. The van der Waals surface area contributed by atoms with E-state index in [1.807, 2.05) is 48.5 Å². The van der Waals surface area contributed by atoms with Crippen LogP contribution in [0.5, 0.6) is 0 Å². The Bertz CT molecular complexity index is 1520. The Morgan fingerprint density at radius 3 is 2.21 bits per heavy atom. The minimum Gasteiger partial charge on any atom is -0.481 e. The minimum atomic E-state index is -1.49. The molecule has 0 bridgehead atoms. The molecule has 0 aromatic rings. The average Bonchev–Trinajstić information content (AvgIpc) is 3.57. The zero-order chi connectivity index (χ0) is 45.1. The van der Waals surface area contributed by atoms with E-state index in [2.05, 4.69) is 13.8 Å². The molecule has 2 spiro atoms. The predicted molar refractivity (Wildman–Crippen MR) is 225 cm³/mol. The Kier molecular flexibility index (Phi) is 16.6. The first-order chi connectivity index (χ1) is 28.7. The number of hydrogen-bond acceptors (Lipinski definition) is 13. The van der Waals surface area contributed by atoms with E-state index in [9.17, 15) is 29.7 Å². The van der Waals surface area contributed by atoms with Gasteiger partial charge in [-0.15, -0.1) is 0 Å². The quantitative estimate of drug-likeness (QED) is 0.0747. The summed E-state index contributed by atoms with van der Waals surface area (Å²) < 4.78 is 50.7. The van der Waals surface area contributed by atoms with Gasteiger partial charge < -0.3 is 53.2 Å². The highest BCUT2D eigenvalue weighted by atomic mass is 16.8. The van der Waals surface area contributed by atoms with Crippen molar-refractivity contribution in [3.8, 4) is 0 Å². The monoisotopic (exact) mass is 867 g/mol. The molecule has 350 valence electrons. The molecule has 61 heavy (non-hydrogen) atoms. The molecule has 18 atom stereocenters. The second kappa shape index (κ2) is 20.3. The van der Waals surface area contributed by atoms with Crippen molar-refractivity contribution in [1.29, 1.82) is 0 Å². The number of ketones is 1. The van der Waals surface area contributed by atoms with Crippen molar-refractivity contribution in [2.24, 2.45) is 41.4 Å². The number of carbonyl (C=O) groups is 3. The average molecular weight is 867 g/mol.